The second kappa shape index (κ2) is 8.07. The van der Waals surface area contributed by atoms with Crippen LogP contribution in [0.3, 0.4) is 0 Å². The molecule has 0 fully saturated rings. The fourth-order valence-corrected chi connectivity index (χ4v) is 3.69. The molecule has 124 valence electrons. The molecule has 0 unspecified atom stereocenters. The molecule has 1 aromatic carbocycles. The van der Waals surface area contributed by atoms with E-state index in [4.69, 9.17) is 4.52 Å². The lowest BCUT2D eigenvalue weighted by atomic mass is 10.2. The van der Waals surface area contributed by atoms with E-state index in [2.05, 4.69) is 10.1 Å². The van der Waals surface area contributed by atoms with E-state index in [1.165, 1.54) is 6.07 Å². The van der Waals surface area contributed by atoms with Crippen molar-refractivity contribution in [2.75, 3.05) is 5.75 Å². The van der Waals surface area contributed by atoms with Gasteiger partial charge in [-0.2, -0.15) is 16.7 Å². The van der Waals surface area contributed by atoms with Gasteiger partial charge in [0.2, 0.25) is 11.7 Å². The normalized spacial score (nSPS) is 10.8. The van der Waals surface area contributed by atoms with Crippen LogP contribution in [-0.4, -0.2) is 20.8 Å². The van der Waals surface area contributed by atoms with Crippen molar-refractivity contribution in [2.24, 2.45) is 0 Å². The number of hydrogen-bond acceptors (Lipinski definition) is 7. The Morgan fingerprint density at radius 3 is 3.00 bits per heavy atom. The number of rotatable bonds is 8. The van der Waals surface area contributed by atoms with E-state index in [1.807, 2.05) is 23.6 Å². The molecule has 0 atom stereocenters. The van der Waals surface area contributed by atoms with Crippen molar-refractivity contribution < 1.29 is 9.45 Å². The predicted octanol–water partition coefficient (Wildman–Crippen LogP) is 4.57. The highest BCUT2D eigenvalue weighted by Crippen LogP contribution is 2.22. The van der Waals surface area contributed by atoms with Crippen molar-refractivity contribution in [1.82, 2.24) is 10.1 Å². The number of hydrogen-bond donors (Lipinski definition) is 0. The Morgan fingerprint density at radius 1 is 1.29 bits per heavy atom. The Morgan fingerprint density at radius 2 is 2.21 bits per heavy atom. The van der Waals surface area contributed by atoms with Crippen molar-refractivity contribution in [3.8, 4) is 10.7 Å². The van der Waals surface area contributed by atoms with Crippen LogP contribution in [0.15, 0.2) is 46.3 Å². The number of nitrogens with zero attached hydrogens (tertiary/aromatic N) is 3. The number of nitro groups is 1. The van der Waals surface area contributed by atoms with Gasteiger partial charge in [-0.15, -0.1) is 11.3 Å². The third-order valence-corrected chi connectivity index (χ3v) is 5.26. The first-order chi connectivity index (χ1) is 11.7. The molecule has 0 N–H and O–H groups in total. The number of aryl methyl sites for hydroxylation is 1. The van der Waals surface area contributed by atoms with Crippen LogP contribution in [-0.2, 0) is 12.2 Å². The summed E-state index contributed by atoms with van der Waals surface area (Å²) in [6.45, 7) is 0. The minimum Gasteiger partial charge on any atom is -0.339 e. The third kappa shape index (κ3) is 4.42. The molecule has 0 aliphatic carbocycles. The van der Waals surface area contributed by atoms with E-state index in [-0.39, 0.29) is 10.6 Å². The molecule has 0 aliphatic rings. The first-order valence-corrected chi connectivity index (χ1v) is 9.43. The minimum atomic E-state index is -0.366. The summed E-state index contributed by atoms with van der Waals surface area (Å²) < 4.78 is 5.26. The van der Waals surface area contributed by atoms with E-state index < -0.39 is 0 Å². The number of nitro benzene ring substituents is 1. The number of benzene rings is 1. The Bertz CT molecular complexity index is 803. The molecule has 3 aromatic rings. The fourth-order valence-electron chi connectivity index (χ4n) is 2.14. The van der Waals surface area contributed by atoms with Crippen LogP contribution < -0.4 is 0 Å². The standard InChI is InChI=1S/C16H15N3O3S2/c20-19(21)13-5-1-4-12(10-13)11-23-8-3-7-15-17-16(18-22-15)14-6-2-9-24-14/h1-2,4-6,9-10H,3,7-8,11H2. The smallest absolute Gasteiger partial charge is 0.269 e. The van der Waals surface area contributed by atoms with Crippen LogP contribution in [0.25, 0.3) is 10.7 Å². The Hall–Kier alpha value is -2.19. The molecule has 0 aliphatic heterocycles. The van der Waals surface area contributed by atoms with Crippen molar-refractivity contribution >= 4 is 28.8 Å². The predicted molar refractivity (Wildman–Crippen MR) is 95.2 cm³/mol. The summed E-state index contributed by atoms with van der Waals surface area (Å²) in [6, 6.07) is 10.7. The van der Waals surface area contributed by atoms with Crippen LogP contribution in [0.2, 0.25) is 0 Å². The largest absolute Gasteiger partial charge is 0.339 e. The van der Waals surface area contributed by atoms with Crippen molar-refractivity contribution in [1.29, 1.82) is 0 Å². The summed E-state index contributed by atoms with van der Waals surface area (Å²) in [7, 11) is 0. The second-order valence-electron chi connectivity index (χ2n) is 5.07. The van der Waals surface area contributed by atoms with Crippen molar-refractivity contribution in [3.63, 3.8) is 0 Å². The molecular formula is C16H15N3O3S2. The summed E-state index contributed by atoms with van der Waals surface area (Å²) in [6.07, 6.45) is 1.66. The van der Waals surface area contributed by atoms with E-state index in [1.54, 1.807) is 35.2 Å². The van der Waals surface area contributed by atoms with Gasteiger partial charge in [0, 0.05) is 24.3 Å². The maximum Gasteiger partial charge on any atom is 0.269 e. The van der Waals surface area contributed by atoms with Crippen LogP contribution in [0.1, 0.15) is 17.9 Å². The van der Waals surface area contributed by atoms with E-state index in [0.717, 1.165) is 34.8 Å². The average molecular weight is 361 g/mol. The molecule has 0 bridgehead atoms. The third-order valence-electron chi connectivity index (χ3n) is 3.28. The van der Waals surface area contributed by atoms with E-state index in [9.17, 15) is 10.1 Å². The molecule has 2 heterocycles. The monoisotopic (exact) mass is 361 g/mol. The molecule has 0 radical (unpaired) electrons. The number of thiophene rings is 1. The number of aromatic nitrogens is 2. The van der Waals surface area contributed by atoms with Gasteiger partial charge in [-0.25, -0.2) is 0 Å². The molecule has 0 saturated carbocycles. The van der Waals surface area contributed by atoms with Crippen LogP contribution in [0.4, 0.5) is 5.69 Å². The molecule has 0 saturated heterocycles. The lowest BCUT2D eigenvalue weighted by Gasteiger charge is -2.01. The molecular weight excluding hydrogens is 346 g/mol. The summed E-state index contributed by atoms with van der Waals surface area (Å²) in [5.74, 6) is 2.98. The average Bonchev–Trinajstić information content (AvgIpc) is 3.26. The van der Waals surface area contributed by atoms with Gasteiger partial charge in [0.05, 0.1) is 9.80 Å². The molecule has 2 aromatic heterocycles. The lowest BCUT2D eigenvalue weighted by molar-refractivity contribution is -0.384. The van der Waals surface area contributed by atoms with Gasteiger partial charge >= 0.3 is 0 Å². The zero-order valence-electron chi connectivity index (χ0n) is 12.8. The highest BCUT2D eigenvalue weighted by molar-refractivity contribution is 7.98. The quantitative estimate of drug-likeness (QED) is 0.332. The summed E-state index contributed by atoms with van der Waals surface area (Å²) in [5.41, 5.74) is 1.10. The fraction of sp³-hybridized carbons (Fsp3) is 0.250. The summed E-state index contributed by atoms with van der Waals surface area (Å²) >= 11 is 3.33. The van der Waals surface area contributed by atoms with Gasteiger partial charge in [-0.05, 0) is 29.2 Å². The zero-order chi connectivity index (χ0) is 16.8. The number of non-ortho nitro benzene ring substituents is 1. The maximum atomic E-state index is 10.7. The van der Waals surface area contributed by atoms with Crippen LogP contribution in [0, 0.1) is 10.1 Å². The molecule has 3 rings (SSSR count). The summed E-state index contributed by atoms with van der Waals surface area (Å²) in [4.78, 5) is 15.8. The van der Waals surface area contributed by atoms with Crippen LogP contribution >= 0.6 is 23.1 Å². The van der Waals surface area contributed by atoms with E-state index >= 15 is 0 Å². The lowest BCUT2D eigenvalue weighted by Crippen LogP contribution is -1.91. The Balaban J connectivity index is 1.41. The van der Waals surface area contributed by atoms with Gasteiger partial charge in [-0.1, -0.05) is 23.4 Å². The summed E-state index contributed by atoms with van der Waals surface area (Å²) in [5, 5.41) is 16.7. The number of thioether (sulfide) groups is 1. The van der Waals surface area contributed by atoms with Crippen molar-refractivity contribution in [3.05, 3.63) is 63.3 Å². The SMILES string of the molecule is O=[N+]([O-])c1cccc(CSCCCc2nc(-c3cccs3)no2)c1. The van der Waals surface area contributed by atoms with Gasteiger partial charge in [0.25, 0.3) is 5.69 Å². The van der Waals surface area contributed by atoms with Crippen molar-refractivity contribution in [2.45, 2.75) is 18.6 Å². The van der Waals surface area contributed by atoms with E-state index in [0.29, 0.717) is 11.7 Å². The highest BCUT2D eigenvalue weighted by Gasteiger charge is 2.09. The van der Waals surface area contributed by atoms with Gasteiger partial charge in [0.1, 0.15) is 0 Å². The molecule has 6 nitrogen and oxygen atoms in total. The molecule has 8 heteroatoms. The maximum absolute atomic E-state index is 10.7. The molecule has 24 heavy (non-hydrogen) atoms. The first kappa shape index (κ1) is 16.7. The minimum absolute atomic E-state index is 0.139. The van der Waals surface area contributed by atoms with Gasteiger partial charge < -0.3 is 4.52 Å². The van der Waals surface area contributed by atoms with Gasteiger partial charge in [0.15, 0.2) is 0 Å². The topological polar surface area (TPSA) is 82.1 Å². The molecule has 0 spiro atoms. The highest BCUT2D eigenvalue weighted by atomic mass is 32.2. The Kier molecular flexibility index (Phi) is 5.60. The second-order valence-corrected chi connectivity index (χ2v) is 7.13. The Labute approximate surface area is 147 Å². The first-order valence-electron chi connectivity index (χ1n) is 7.40. The van der Waals surface area contributed by atoms with Gasteiger partial charge in [-0.3, -0.25) is 10.1 Å². The zero-order valence-corrected chi connectivity index (χ0v) is 14.4. The molecule has 0 amide bonds. The van der Waals surface area contributed by atoms with Crippen LogP contribution in [0.5, 0.6) is 0 Å².